The molecule has 1 aromatic rings. The van der Waals surface area contributed by atoms with Gasteiger partial charge in [-0.2, -0.15) is 11.8 Å². The van der Waals surface area contributed by atoms with Gasteiger partial charge in [-0.1, -0.05) is 27.7 Å². The van der Waals surface area contributed by atoms with Gasteiger partial charge in [0.25, 0.3) is 0 Å². The molecule has 0 radical (unpaired) electrons. The number of methoxy groups -OCH3 is 1. The van der Waals surface area contributed by atoms with E-state index in [0.717, 1.165) is 30.4 Å². The van der Waals surface area contributed by atoms with Crippen LogP contribution < -0.4 is 4.90 Å². The highest BCUT2D eigenvalue weighted by Gasteiger charge is 2.24. The van der Waals surface area contributed by atoms with Crippen LogP contribution in [0.4, 0.5) is 5.82 Å². The second-order valence-corrected chi connectivity index (χ2v) is 7.98. The minimum Gasteiger partial charge on any atom is -0.378 e. The number of anilines is 1. The van der Waals surface area contributed by atoms with Gasteiger partial charge in [0.15, 0.2) is 0 Å². The summed E-state index contributed by atoms with van der Waals surface area (Å²) in [7, 11) is 1.71. The molecule has 0 bridgehead atoms. The standard InChI is InChI=1S/C16H27N3OS/c1-6-13-10-19(7-8-21-13)14-9-12(11-20-5)17-15(18-14)16(2,3)4/h9,13H,6-8,10-11H2,1-5H3. The van der Waals surface area contributed by atoms with Gasteiger partial charge in [-0.25, -0.2) is 9.97 Å². The zero-order chi connectivity index (χ0) is 15.5. The van der Waals surface area contributed by atoms with E-state index in [1.165, 1.54) is 12.2 Å². The smallest absolute Gasteiger partial charge is 0.136 e. The van der Waals surface area contributed by atoms with E-state index in [1.807, 2.05) is 0 Å². The lowest BCUT2D eigenvalue weighted by Crippen LogP contribution is -2.38. The molecule has 0 aromatic carbocycles. The van der Waals surface area contributed by atoms with E-state index in [4.69, 9.17) is 9.72 Å². The SMILES string of the molecule is CCC1CN(c2cc(COC)nc(C(C)(C)C)n2)CCS1. The van der Waals surface area contributed by atoms with Crippen molar-refractivity contribution in [2.24, 2.45) is 0 Å². The molecule has 4 nitrogen and oxygen atoms in total. The first-order valence-electron chi connectivity index (χ1n) is 7.68. The molecule has 1 atom stereocenters. The molecule has 0 saturated carbocycles. The molecule has 1 fully saturated rings. The largest absolute Gasteiger partial charge is 0.378 e. The topological polar surface area (TPSA) is 38.2 Å². The highest BCUT2D eigenvalue weighted by atomic mass is 32.2. The van der Waals surface area contributed by atoms with Crippen molar-refractivity contribution in [2.45, 2.75) is 51.4 Å². The number of nitrogens with zero attached hydrogens (tertiary/aromatic N) is 3. The van der Waals surface area contributed by atoms with Gasteiger partial charge < -0.3 is 9.64 Å². The molecular weight excluding hydrogens is 282 g/mol. The highest BCUT2D eigenvalue weighted by molar-refractivity contribution is 8.00. The van der Waals surface area contributed by atoms with Crippen LogP contribution in [0.2, 0.25) is 0 Å². The summed E-state index contributed by atoms with van der Waals surface area (Å²) in [5, 5.41) is 0.706. The Balaban J connectivity index is 2.31. The van der Waals surface area contributed by atoms with Crippen molar-refractivity contribution < 1.29 is 4.74 Å². The Morgan fingerprint density at radius 3 is 2.76 bits per heavy atom. The number of thioether (sulfide) groups is 1. The second-order valence-electron chi connectivity index (χ2n) is 6.57. The second kappa shape index (κ2) is 6.97. The van der Waals surface area contributed by atoms with E-state index in [1.54, 1.807) is 7.11 Å². The van der Waals surface area contributed by atoms with Gasteiger partial charge in [0, 0.05) is 42.7 Å². The van der Waals surface area contributed by atoms with Crippen LogP contribution in [0.15, 0.2) is 6.07 Å². The molecule has 0 aliphatic carbocycles. The van der Waals surface area contributed by atoms with Crippen molar-refractivity contribution in [3.63, 3.8) is 0 Å². The summed E-state index contributed by atoms with van der Waals surface area (Å²) >= 11 is 2.08. The molecule has 2 rings (SSSR count). The normalized spacial score (nSPS) is 19.9. The summed E-state index contributed by atoms with van der Waals surface area (Å²) in [6.45, 7) is 11.4. The van der Waals surface area contributed by atoms with Crippen molar-refractivity contribution in [1.82, 2.24) is 9.97 Å². The van der Waals surface area contributed by atoms with E-state index in [-0.39, 0.29) is 5.41 Å². The Kier molecular flexibility index (Phi) is 5.49. The van der Waals surface area contributed by atoms with Crippen molar-refractivity contribution in [3.05, 3.63) is 17.6 Å². The van der Waals surface area contributed by atoms with Crippen LogP contribution in [-0.2, 0) is 16.8 Å². The Labute approximate surface area is 132 Å². The molecule has 1 aliphatic rings. The maximum atomic E-state index is 5.27. The van der Waals surface area contributed by atoms with Crippen molar-refractivity contribution >= 4 is 17.6 Å². The van der Waals surface area contributed by atoms with Gasteiger partial charge in [0.1, 0.15) is 11.6 Å². The van der Waals surface area contributed by atoms with Crippen LogP contribution in [0.1, 0.15) is 45.6 Å². The Morgan fingerprint density at radius 1 is 1.38 bits per heavy atom. The van der Waals surface area contributed by atoms with Gasteiger partial charge in [0.2, 0.25) is 0 Å². The average Bonchev–Trinajstić information content (AvgIpc) is 2.46. The molecule has 118 valence electrons. The average molecular weight is 309 g/mol. The minimum absolute atomic E-state index is 0.0484. The predicted octanol–water partition coefficient (Wildman–Crippen LogP) is 3.25. The zero-order valence-electron chi connectivity index (χ0n) is 13.8. The summed E-state index contributed by atoms with van der Waals surface area (Å²) in [5.74, 6) is 3.13. The summed E-state index contributed by atoms with van der Waals surface area (Å²) in [5.41, 5.74) is 0.923. The third-order valence-electron chi connectivity index (χ3n) is 3.65. The molecule has 1 saturated heterocycles. The quantitative estimate of drug-likeness (QED) is 0.853. The van der Waals surface area contributed by atoms with Gasteiger partial charge in [0.05, 0.1) is 12.3 Å². The van der Waals surface area contributed by atoms with Crippen molar-refractivity contribution in [2.75, 3.05) is 30.9 Å². The van der Waals surface area contributed by atoms with E-state index in [2.05, 4.69) is 55.4 Å². The monoisotopic (exact) mass is 309 g/mol. The Bertz CT molecular complexity index is 473. The van der Waals surface area contributed by atoms with E-state index < -0.39 is 0 Å². The van der Waals surface area contributed by atoms with Crippen molar-refractivity contribution in [3.8, 4) is 0 Å². The van der Waals surface area contributed by atoms with Crippen LogP contribution >= 0.6 is 11.8 Å². The lowest BCUT2D eigenvalue weighted by Gasteiger charge is -2.33. The highest BCUT2D eigenvalue weighted by Crippen LogP contribution is 2.27. The molecule has 5 heteroatoms. The molecular formula is C16H27N3OS. The Hall–Kier alpha value is -0.810. The van der Waals surface area contributed by atoms with Crippen LogP contribution in [0.25, 0.3) is 0 Å². The number of hydrogen-bond donors (Lipinski definition) is 0. The third kappa shape index (κ3) is 4.33. The minimum atomic E-state index is -0.0484. The Morgan fingerprint density at radius 2 is 2.14 bits per heavy atom. The first-order valence-corrected chi connectivity index (χ1v) is 8.73. The van der Waals surface area contributed by atoms with Gasteiger partial charge in [-0.05, 0) is 6.42 Å². The molecule has 0 N–H and O–H groups in total. The fraction of sp³-hybridized carbons (Fsp3) is 0.750. The van der Waals surface area contributed by atoms with E-state index in [0.29, 0.717) is 11.9 Å². The maximum Gasteiger partial charge on any atom is 0.136 e. The van der Waals surface area contributed by atoms with E-state index >= 15 is 0 Å². The van der Waals surface area contributed by atoms with Crippen LogP contribution in [-0.4, -0.2) is 41.2 Å². The fourth-order valence-electron chi connectivity index (χ4n) is 2.38. The summed E-state index contributed by atoms with van der Waals surface area (Å²) in [6, 6.07) is 2.08. The summed E-state index contributed by atoms with van der Waals surface area (Å²) in [6.07, 6.45) is 1.21. The number of rotatable bonds is 4. The zero-order valence-corrected chi connectivity index (χ0v) is 14.7. The molecule has 1 unspecified atom stereocenters. The molecule has 1 aromatic heterocycles. The first-order chi connectivity index (χ1) is 9.94. The van der Waals surface area contributed by atoms with Crippen LogP contribution in [0.5, 0.6) is 0 Å². The predicted molar refractivity (Wildman–Crippen MR) is 90.2 cm³/mol. The first kappa shape index (κ1) is 16.6. The number of aromatic nitrogens is 2. The van der Waals surface area contributed by atoms with Gasteiger partial charge in [-0.15, -0.1) is 0 Å². The van der Waals surface area contributed by atoms with E-state index in [9.17, 15) is 0 Å². The van der Waals surface area contributed by atoms with Gasteiger partial charge >= 0.3 is 0 Å². The molecule has 2 heterocycles. The third-order valence-corrected chi connectivity index (χ3v) is 5.02. The van der Waals surface area contributed by atoms with Gasteiger partial charge in [-0.3, -0.25) is 0 Å². The number of hydrogen-bond acceptors (Lipinski definition) is 5. The fourth-order valence-corrected chi connectivity index (χ4v) is 3.56. The van der Waals surface area contributed by atoms with Crippen LogP contribution in [0, 0.1) is 0 Å². The molecule has 0 amide bonds. The molecule has 0 spiro atoms. The summed E-state index contributed by atoms with van der Waals surface area (Å²) in [4.78, 5) is 11.9. The van der Waals surface area contributed by atoms with Crippen molar-refractivity contribution in [1.29, 1.82) is 0 Å². The van der Waals surface area contributed by atoms with Crippen LogP contribution in [0.3, 0.4) is 0 Å². The molecule has 21 heavy (non-hydrogen) atoms. The lowest BCUT2D eigenvalue weighted by atomic mass is 9.95. The lowest BCUT2D eigenvalue weighted by molar-refractivity contribution is 0.181. The maximum absolute atomic E-state index is 5.27. The molecule has 1 aliphatic heterocycles. The number of ether oxygens (including phenoxy) is 1. The summed E-state index contributed by atoms with van der Waals surface area (Å²) < 4.78 is 5.27.